The van der Waals surface area contributed by atoms with E-state index < -0.39 is 58.0 Å². The summed E-state index contributed by atoms with van der Waals surface area (Å²) in [6.07, 6.45) is 5.49. The molecule has 0 aromatic heterocycles. The zero-order chi connectivity index (χ0) is 23.2. The minimum Gasteiger partial charge on any atom is -0.463 e. The SMILES string of the molecule is CC(F)(F)COC(=O)C1(N=NC2(C(=O)OCCS(=O)(=O)O)CCCCC2)CCCCC1. The largest absolute Gasteiger partial charge is 0.463 e. The van der Waals surface area contributed by atoms with Gasteiger partial charge >= 0.3 is 11.9 Å². The first kappa shape index (κ1) is 25.6. The van der Waals surface area contributed by atoms with E-state index in [-0.39, 0.29) is 12.8 Å². The maximum absolute atomic E-state index is 13.2. The fraction of sp³-hybridized carbons (Fsp3) is 0.895. The third-order valence-electron chi connectivity index (χ3n) is 5.59. The van der Waals surface area contributed by atoms with Crippen molar-refractivity contribution in [2.75, 3.05) is 19.0 Å². The second-order valence-electron chi connectivity index (χ2n) is 8.45. The summed E-state index contributed by atoms with van der Waals surface area (Å²) < 4.78 is 66.8. The molecule has 2 aliphatic carbocycles. The van der Waals surface area contributed by atoms with Gasteiger partial charge in [-0.25, -0.2) is 18.4 Å². The van der Waals surface area contributed by atoms with Crippen LogP contribution < -0.4 is 0 Å². The molecule has 178 valence electrons. The number of rotatable bonds is 9. The molecule has 2 rings (SSSR count). The highest BCUT2D eigenvalue weighted by Gasteiger charge is 2.46. The van der Waals surface area contributed by atoms with E-state index in [4.69, 9.17) is 14.0 Å². The Hall–Kier alpha value is -1.69. The van der Waals surface area contributed by atoms with Crippen LogP contribution in [0.2, 0.25) is 0 Å². The lowest BCUT2D eigenvalue weighted by Crippen LogP contribution is -2.44. The molecule has 0 atom stereocenters. The van der Waals surface area contributed by atoms with Gasteiger partial charge in [0.25, 0.3) is 16.0 Å². The first-order valence-corrected chi connectivity index (χ1v) is 12.1. The molecule has 0 aromatic carbocycles. The minimum absolute atomic E-state index is 0.276. The van der Waals surface area contributed by atoms with Gasteiger partial charge in [-0.1, -0.05) is 38.5 Å². The summed E-state index contributed by atoms with van der Waals surface area (Å²) in [5, 5.41) is 8.47. The average molecular weight is 469 g/mol. The standard InChI is InChI=1S/C19H30F2N2O7S/c1-17(20,21)14-30-16(25)19(10-6-3-7-11-19)23-22-18(8-4-2-5-9-18)15(24)29-12-13-31(26,27)28/h2-14H2,1H3,(H,26,27,28). The Morgan fingerprint density at radius 1 is 0.903 bits per heavy atom. The molecular weight excluding hydrogens is 438 g/mol. The van der Waals surface area contributed by atoms with Gasteiger partial charge in [0, 0.05) is 6.92 Å². The van der Waals surface area contributed by atoms with Gasteiger partial charge in [0.15, 0.2) is 17.7 Å². The molecule has 0 unspecified atom stereocenters. The van der Waals surface area contributed by atoms with Crippen molar-refractivity contribution in [2.45, 2.75) is 88.1 Å². The minimum atomic E-state index is -4.29. The van der Waals surface area contributed by atoms with Crippen LogP contribution in [0.3, 0.4) is 0 Å². The highest BCUT2D eigenvalue weighted by Crippen LogP contribution is 2.38. The van der Waals surface area contributed by atoms with Crippen molar-refractivity contribution in [1.82, 2.24) is 0 Å². The Kier molecular flexibility index (Phi) is 8.48. The molecule has 0 aliphatic heterocycles. The van der Waals surface area contributed by atoms with Gasteiger partial charge in [-0.05, 0) is 25.7 Å². The van der Waals surface area contributed by atoms with E-state index in [0.29, 0.717) is 45.4 Å². The van der Waals surface area contributed by atoms with E-state index in [1.54, 1.807) is 0 Å². The third kappa shape index (κ3) is 7.74. The molecule has 0 spiro atoms. The molecule has 0 bridgehead atoms. The maximum Gasteiger partial charge on any atom is 0.336 e. The van der Waals surface area contributed by atoms with Crippen LogP contribution in [0.5, 0.6) is 0 Å². The van der Waals surface area contributed by atoms with Crippen LogP contribution in [-0.4, -0.2) is 60.9 Å². The maximum atomic E-state index is 13.2. The van der Waals surface area contributed by atoms with Crippen molar-refractivity contribution in [3.05, 3.63) is 0 Å². The number of esters is 2. The Morgan fingerprint density at radius 3 is 1.71 bits per heavy atom. The summed E-state index contributed by atoms with van der Waals surface area (Å²) in [6.45, 7) is -0.950. The van der Waals surface area contributed by atoms with Crippen molar-refractivity contribution in [3.8, 4) is 0 Å². The smallest absolute Gasteiger partial charge is 0.336 e. The van der Waals surface area contributed by atoms with Crippen LogP contribution in [0.1, 0.15) is 71.1 Å². The van der Waals surface area contributed by atoms with E-state index in [1.165, 1.54) is 0 Å². The molecule has 0 aromatic rings. The molecule has 2 fully saturated rings. The summed E-state index contributed by atoms with van der Waals surface area (Å²) in [5.41, 5.74) is -2.81. The molecular formula is C19H30F2N2O7S. The van der Waals surface area contributed by atoms with E-state index in [9.17, 15) is 26.8 Å². The Labute approximate surface area is 180 Å². The third-order valence-corrected chi connectivity index (χ3v) is 6.27. The number of azo groups is 1. The van der Waals surface area contributed by atoms with Gasteiger partial charge in [-0.2, -0.15) is 18.6 Å². The van der Waals surface area contributed by atoms with Gasteiger partial charge in [-0.3, -0.25) is 4.55 Å². The van der Waals surface area contributed by atoms with Gasteiger partial charge < -0.3 is 9.47 Å². The number of hydrogen-bond acceptors (Lipinski definition) is 8. The number of ether oxygens (including phenoxy) is 2. The number of nitrogens with zero attached hydrogens (tertiary/aromatic N) is 2. The second kappa shape index (κ2) is 10.3. The van der Waals surface area contributed by atoms with E-state index in [1.807, 2.05) is 0 Å². The van der Waals surface area contributed by atoms with E-state index in [0.717, 1.165) is 12.8 Å². The van der Waals surface area contributed by atoms with E-state index in [2.05, 4.69) is 10.2 Å². The van der Waals surface area contributed by atoms with Crippen LogP contribution in [0.25, 0.3) is 0 Å². The zero-order valence-electron chi connectivity index (χ0n) is 17.6. The average Bonchev–Trinajstić information content (AvgIpc) is 2.70. The predicted molar refractivity (Wildman–Crippen MR) is 105 cm³/mol. The summed E-state index contributed by atoms with van der Waals surface area (Å²) in [6, 6.07) is 0. The predicted octanol–water partition coefficient (Wildman–Crippen LogP) is 3.47. The van der Waals surface area contributed by atoms with Crippen LogP contribution in [-0.2, 0) is 29.2 Å². The van der Waals surface area contributed by atoms with E-state index >= 15 is 0 Å². The number of carbonyl (C=O) groups excluding carboxylic acids is 2. The van der Waals surface area contributed by atoms with Crippen LogP contribution in [0, 0.1) is 0 Å². The first-order chi connectivity index (χ1) is 14.4. The number of halogens is 2. The highest BCUT2D eigenvalue weighted by atomic mass is 32.2. The molecule has 1 N–H and O–H groups in total. The molecule has 0 radical (unpaired) electrons. The molecule has 2 saturated carbocycles. The highest BCUT2D eigenvalue weighted by molar-refractivity contribution is 7.85. The number of hydrogen-bond donors (Lipinski definition) is 1. The molecule has 12 heteroatoms. The Balaban J connectivity index is 2.21. The Morgan fingerprint density at radius 2 is 1.32 bits per heavy atom. The fourth-order valence-electron chi connectivity index (χ4n) is 3.86. The second-order valence-corrected chi connectivity index (χ2v) is 10.0. The topological polar surface area (TPSA) is 132 Å². The lowest BCUT2D eigenvalue weighted by Gasteiger charge is -2.34. The summed E-state index contributed by atoms with van der Waals surface area (Å²) in [4.78, 5) is 25.4. The van der Waals surface area contributed by atoms with Gasteiger partial charge in [0.05, 0.1) is 0 Å². The summed E-state index contributed by atoms with van der Waals surface area (Å²) in [5.74, 6) is -5.58. The van der Waals surface area contributed by atoms with Gasteiger partial charge in [-0.15, -0.1) is 0 Å². The normalized spacial score (nSPS) is 21.5. The fourth-order valence-corrected chi connectivity index (χ4v) is 4.15. The van der Waals surface area contributed by atoms with Crippen molar-refractivity contribution in [3.63, 3.8) is 0 Å². The monoisotopic (exact) mass is 468 g/mol. The van der Waals surface area contributed by atoms with Crippen molar-refractivity contribution in [1.29, 1.82) is 0 Å². The number of alkyl halides is 2. The molecule has 2 aliphatic rings. The molecule has 31 heavy (non-hydrogen) atoms. The van der Waals surface area contributed by atoms with Crippen molar-refractivity contribution >= 4 is 22.1 Å². The van der Waals surface area contributed by atoms with Crippen LogP contribution in [0.4, 0.5) is 8.78 Å². The summed E-state index contributed by atoms with van der Waals surface area (Å²) >= 11 is 0. The molecule has 9 nitrogen and oxygen atoms in total. The molecule has 0 saturated heterocycles. The van der Waals surface area contributed by atoms with Gasteiger partial charge in [0.1, 0.15) is 12.4 Å². The Bertz CT molecular complexity index is 769. The van der Waals surface area contributed by atoms with Gasteiger partial charge in [0.2, 0.25) is 0 Å². The molecule has 0 heterocycles. The van der Waals surface area contributed by atoms with Crippen molar-refractivity contribution in [2.24, 2.45) is 10.2 Å². The quantitative estimate of drug-likeness (QED) is 0.311. The molecule has 0 amide bonds. The lowest BCUT2D eigenvalue weighted by molar-refractivity contribution is -0.162. The van der Waals surface area contributed by atoms with Crippen LogP contribution in [0.15, 0.2) is 10.2 Å². The zero-order valence-corrected chi connectivity index (χ0v) is 18.5. The van der Waals surface area contributed by atoms with Crippen molar-refractivity contribution < 1.29 is 40.8 Å². The lowest BCUT2D eigenvalue weighted by atomic mass is 9.81. The summed E-state index contributed by atoms with van der Waals surface area (Å²) in [7, 11) is -4.29. The first-order valence-electron chi connectivity index (χ1n) is 10.5. The number of carbonyl (C=O) groups is 2. The van der Waals surface area contributed by atoms with Crippen LogP contribution >= 0.6 is 0 Å².